The molecule has 1 aromatic carbocycles. The predicted octanol–water partition coefficient (Wildman–Crippen LogP) is 3.57. The zero-order chi connectivity index (χ0) is 18.7. The Morgan fingerprint density at radius 2 is 1.88 bits per heavy atom. The third-order valence-corrected chi connectivity index (χ3v) is 7.07. The minimum Gasteiger partial charge on any atom is -0.383 e. The minimum atomic E-state index is -3.67. The molecule has 3 aromatic rings. The van der Waals surface area contributed by atoms with E-state index in [1.165, 1.54) is 53.9 Å². The first-order chi connectivity index (χ1) is 12.4. The second kappa shape index (κ2) is 7.81. The van der Waals surface area contributed by atoms with Crippen LogP contribution in [0.15, 0.2) is 58.1 Å². The highest BCUT2D eigenvalue weighted by molar-refractivity contribution is 7.89. The van der Waals surface area contributed by atoms with Gasteiger partial charge in [-0.1, -0.05) is 12.1 Å². The van der Waals surface area contributed by atoms with E-state index in [1.807, 2.05) is 16.8 Å². The molecule has 0 radical (unpaired) electrons. The van der Waals surface area contributed by atoms with Gasteiger partial charge in [-0.25, -0.2) is 13.1 Å². The summed E-state index contributed by atoms with van der Waals surface area (Å²) in [5, 5.41) is 14.1. The molecule has 2 heterocycles. The molecule has 0 aliphatic carbocycles. The van der Waals surface area contributed by atoms with E-state index in [9.17, 15) is 18.3 Å². The highest BCUT2D eigenvalue weighted by Gasteiger charge is 2.17. The van der Waals surface area contributed by atoms with Gasteiger partial charge in [-0.3, -0.25) is 4.79 Å². The van der Waals surface area contributed by atoms with Gasteiger partial charge < -0.3 is 5.11 Å². The van der Waals surface area contributed by atoms with Crippen LogP contribution in [0.2, 0.25) is 0 Å². The number of benzene rings is 1. The van der Waals surface area contributed by atoms with Crippen molar-refractivity contribution in [2.24, 2.45) is 0 Å². The van der Waals surface area contributed by atoms with Gasteiger partial charge in [0, 0.05) is 21.9 Å². The molecule has 0 fully saturated rings. The predicted molar refractivity (Wildman–Crippen MR) is 103 cm³/mol. The van der Waals surface area contributed by atoms with Gasteiger partial charge in [0.15, 0.2) is 5.78 Å². The number of Topliss-reactive ketones (excluding diaryl/α,β-unsaturated/α-hetero) is 1. The Balaban J connectivity index is 1.67. The molecule has 1 unspecified atom stereocenters. The molecule has 0 spiro atoms. The van der Waals surface area contributed by atoms with Gasteiger partial charge in [-0.15, -0.1) is 11.3 Å². The van der Waals surface area contributed by atoms with Gasteiger partial charge >= 0.3 is 0 Å². The summed E-state index contributed by atoms with van der Waals surface area (Å²) >= 11 is 2.88. The van der Waals surface area contributed by atoms with Crippen molar-refractivity contribution in [3.05, 3.63) is 74.1 Å². The molecule has 136 valence electrons. The molecule has 0 saturated heterocycles. The van der Waals surface area contributed by atoms with E-state index in [4.69, 9.17) is 0 Å². The maximum absolute atomic E-state index is 12.4. The Hall–Kier alpha value is -1.84. The summed E-state index contributed by atoms with van der Waals surface area (Å²) in [7, 11) is -3.67. The number of sulfonamides is 1. The van der Waals surface area contributed by atoms with E-state index in [1.54, 1.807) is 12.1 Å². The lowest BCUT2D eigenvalue weighted by Gasteiger charge is -2.07. The number of nitrogens with one attached hydrogen (secondary N) is 1. The van der Waals surface area contributed by atoms with E-state index in [0.29, 0.717) is 5.56 Å². The molecular formula is C18H17NO4S3. The molecule has 8 heteroatoms. The summed E-state index contributed by atoms with van der Waals surface area (Å²) in [5.41, 5.74) is 1.30. The van der Waals surface area contributed by atoms with Gasteiger partial charge in [-0.05, 0) is 53.6 Å². The van der Waals surface area contributed by atoms with Crippen molar-refractivity contribution < 1.29 is 18.3 Å². The van der Waals surface area contributed by atoms with Crippen LogP contribution < -0.4 is 4.72 Å². The van der Waals surface area contributed by atoms with Crippen molar-refractivity contribution >= 4 is 38.5 Å². The lowest BCUT2D eigenvalue weighted by atomic mass is 10.2. The number of ketones is 1. The van der Waals surface area contributed by atoms with Gasteiger partial charge in [0.05, 0.1) is 4.90 Å². The molecule has 0 bridgehead atoms. The fourth-order valence-corrected chi connectivity index (χ4v) is 5.09. The fourth-order valence-electron chi connectivity index (χ4n) is 2.35. The van der Waals surface area contributed by atoms with Crippen molar-refractivity contribution in [2.75, 3.05) is 0 Å². The molecule has 3 rings (SSSR count). The SMILES string of the molecule is CC(=O)c1ccc(S(=O)(=O)NCc2ccc(C(O)c3ccsc3)s2)cc1. The first kappa shape index (κ1) is 18.9. The second-order valence-corrected chi connectivity index (χ2v) is 9.42. The summed E-state index contributed by atoms with van der Waals surface area (Å²) in [5.74, 6) is -0.114. The minimum absolute atomic E-state index is 0.109. The third kappa shape index (κ3) is 4.28. The van der Waals surface area contributed by atoms with Crippen molar-refractivity contribution in [3.8, 4) is 0 Å². The summed E-state index contributed by atoms with van der Waals surface area (Å²) in [6.45, 7) is 1.57. The van der Waals surface area contributed by atoms with Crippen molar-refractivity contribution in [1.82, 2.24) is 4.72 Å². The number of carbonyl (C=O) groups is 1. The molecule has 0 aliphatic heterocycles. The van der Waals surface area contributed by atoms with Crippen LogP contribution in [-0.4, -0.2) is 19.3 Å². The number of hydrogen-bond acceptors (Lipinski definition) is 6. The van der Waals surface area contributed by atoms with E-state index >= 15 is 0 Å². The molecule has 0 amide bonds. The van der Waals surface area contributed by atoms with Gasteiger partial charge in [-0.2, -0.15) is 11.3 Å². The number of aliphatic hydroxyl groups excluding tert-OH is 1. The largest absolute Gasteiger partial charge is 0.383 e. The second-order valence-electron chi connectivity index (χ2n) is 5.67. The van der Waals surface area contributed by atoms with Crippen LogP contribution >= 0.6 is 22.7 Å². The Labute approximate surface area is 160 Å². The van der Waals surface area contributed by atoms with E-state index in [-0.39, 0.29) is 17.2 Å². The van der Waals surface area contributed by atoms with E-state index in [0.717, 1.165) is 15.3 Å². The van der Waals surface area contributed by atoms with Gasteiger partial charge in [0.1, 0.15) is 6.10 Å². The zero-order valence-electron chi connectivity index (χ0n) is 13.9. The molecule has 2 N–H and O–H groups in total. The molecule has 1 atom stereocenters. The molecular weight excluding hydrogens is 390 g/mol. The third-order valence-electron chi connectivity index (χ3n) is 3.82. The quantitative estimate of drug-likeness (QED) is 0.587. The van der Waals surface area contributed by atoms with Crippen LogP contribution in [0.25, 0.3) is 0 Å². The molecule has 5 nitrogen and oxygen atoms in total. The number of rotatable bonds is 7. The van der Waals surface area contributed by atoms with Gasteiger partial charge in [0.25, 0.3) is 0 Å². The van der Waals surface area contributed by atoms with Crippen molar-refractivity contribution in [2.45, 2.75) is 24.5 Å². The number of aliphatic hydroxyl groups is 1. The highest BCUT2D eigenvalue weighted by atomic mass is 32.2. The van der Waals surface area contributed by atoms with Crippen LogP contribution in [0.5, 0.6) is 0 Å². The Morgan fingerprint density at radius 3 is 2.50 bits per heavy atom. The summed E-state index contributed by atoms with van der Waals surface area (Å²) in [4.78, 5) is 13.0. The molecule has 0 aliphatic rings. The molecule has 0 saturated carbocycles. The Morgan fingerprint density at radius 1 is 1.15 bits per heavy atom. The molecule has 26 heavy (non-hydrogen) atoms. The first-order valence-corrected chi connectivity index (χ1v) is 11.0. The topological polar surface area (TPSA) is 83.5 Å². The first-order valence-electron chi connectivity index (χ1n) is 7.76. The van der Waals surface area contributed by atoms with Crippen LogP contribution in [0.4, 0.5) is 0 Å². The van der Waals surface area contributed by atoms with Crippen molar-refractivity contribution in [3.63, 3.8) is 0 Å². The van der Waals surface area contributed by atoms with Crippen LogP contribution in [0.1, 0.15) is 38.7 Å². The maximum atomic E-state index is 12.4. The average Bonchev–Trinajstić information content (AvgIpc) is 3.31. The highest BCUT2D eigenvalue weighted by Crippen LogP contribution is 2.29. The standard InChI is InChI=1S/C18H17NO4S3/c1-12(20)13-2-5-16(6-3-13)26(22,23)19-10-15-4-7-17(25-15)18(21)14-8-9-24-11-14/h2-9,11,18-19,21H,10H2,1H3. The Bertz CT molecular complexity index is 990. The zero-order valence-corrected chi connectivity index (χ0v) is 16.3. The summed E-state index contributed by atoms with van der Waals surface area (Å²) in [6.07, 6.45) is -0.698. The number of carbonyl (C=O) groups excluding carboxylic acids is 1. The Kier molecular flexibility index (Phi) is 5.69. The number of hydrogen-bond donors (Lipinski definition) is 2. The lowest BCUT2D eigenvalue weighted by Crippen LogP contribution is -2.22. The monoisotopic (exact) mass is 407 g/mol. The average molecular weight is 408 g/mol. The van der Waals surface area contributed by atoms with Crippen molar-refractivity contribution in [1.29, 1.82) is 0 Å². The fraction of sp³-hybridized carbons (Fsp3) is 0.167. The van der Waals surface area contributed by atoms with Crippen LogP contribution in [0.3, 0.4) is 0 Å². The van der Waals surface area contributed by atoms with Crippen LogP contribution in [-0.2, 0) is 16.6 Å². The van der Waals surface area contributed by atoms with Gasteiger partial charge in [0.2, 0.25) is 10.0 Å². The lowest BCUT2D eigenvalue weighted by molar-refractivity contribution is 0.101. The van der Waals surface area contributed by atoms with E-state index < -0.39 is 16.1 Å². The number of thiophene rings is 2. The van der Waals surface area contributed by atoms with E-state index in [2.05, 4.69) is 4.72 Å². The smallest absolute Gasteiger partial charge is 0.240 e. The maximum Gasteiger partial charge on any atom is 0.240 e. The summed E-state index contributed by atoms with van der Waals surface area (Å²) < 4.78 is 27.3. The summed E-state index contributed by atoms with van der Waals surface area (Å²) in [6, 6.07) is 11.3. The van der Waals surface area contributed by atoms with Crippen LogP contribution in [0, 0.1) is 0 Å². The molecule has 2 aromatic heterocycles. The normalized spacial score (nSPS) is 12.8.